The van der Waals surface area contributed by atoms with Gasteiger partial charge in [-0.15, -0.1) is 0 Å². The predicted molar refractivity (Wildman–Crippen MR) is 112 cm³/mol. The molecule has 1 fully saturated rings. The van der Waals surface area contributed by atoms with Gasteiger partial charge in [-0.3, -0.25) is 9.69 Å². The highest BCUT2D eigenvalue weighted by Gasteiger charge is 2.45. The fourth-order valence-corrected chi connectivity index (χ4v) is 4.86. The highest BCUT2D eigenvalue weighted by molar-refractivity contribution is 6.12. The lowest BCUT2D eigenvalue weighted by Crippen LogP contribution is -2.57. The minimum atomic E-state index is -2.68. The van der Waals surface area contributed by atoms with E-state index in [1.165, 1.54) is 19.2 Å². The number of carbonyl (C=O) groups excluding carboxylic acids is 2. The Kier molecular flexibility index (Phi) is 4.85. The number of nitrogens with zero attached hydrogens (tertiary/aromatic N) is 2. The molecule has 1 aliphatic carbocycles. The van der Waals surface area contributed by atoms with Crippen molar-refractivity contribution in [3.05, 3.63) is 65.1 Å². The van der Waals surface area contributed by atoms with Crippen molar-refractivity contribution in [3.8, 4) is 5.69 Å². The Morgan fingerprint density at radius 3 is 2.53 bits per heavy atom. The van der Waals surface area contributed by atoms with Crippen LogP contribution in [0.1, 0.15) is 32.8 Å². The first-order valence-electron chi connectivity index (χ1n) is 10.4. The van der Waals surface area contributed by atoms with Crippen LogP contribution in [0, 0.1) is 11.7 Å². The predicted octanol–water partition coefficient (Wildman–Crippen LogP) is 4.25. The molecule has 1 unspecified atom stereocenters. The van der Waals surface area contributed by atoms with Gasteiger partial charge in [-0.1, -0.05) is 0 Å². The second kappa shape index (κ2) is 7.48. The Bertz CT molecular complexity index is 1230. The number of likely N-dealkylation sites (tertiary alicyclic amines) is 1. The van der Waals surface area contributed by atoms with Crippen LogP contribution in [0.2, 0.25) is 0 Å². The zero-order valence-corrected chi connectivity index (χ0v) is 17.4. The van der Waals surface area contributed by atoms with Gasteiger partial charge < -0.3 is 9.30 Å². The van der Waals surface area contributed by atoms with Gasteiger partial charge in [0, 0.05) is 34.8 Å². The van der Waals surface area contributed by atoms with Gasteiger partial charge in [0.2, 0.25) is 0 Å². The van der Waals surface area contributed by atoms with Gasteiger partial charge in [-0.25, -0.2) is 18.0 Å². The third-order valence-corrected chi connectivity index (χ3v) is 6.31. The maximum Gasteiger partial charge on any atom is 0.337 e. The Hall–Kier alpha value is -3.13. The molecule has 3 aromatic rings. The minimum absolute atomic E-state index is 0.137. The van der Waals surface area contributed by atoms with E-state index in [4.69, 9.17) is 4.74 Å². The standard InChI is InChI=1S/C24H21F3N2O3/c1-32-23(31)14-2-6-17(7-3-14)29-19-9-5-16(25)10-18(19)21-20(29)8-4-15(22(21)30)11-28-12-24(26,27)13-28/h2-3,5-7,9-10,15H,4,8,11-13H2,1H3. The van der Waals surface area contributed by atoms with Crippen LogP contribution in [-0.2, 0) is 11.2 Å². The van der Waals surface area contributed by atoms with E-state index in [0.717, 1.165) is 11.4 Å². The number of benzene rings is 2. The number of ether oxygens (including phenoxy) is 1. The summed E-state index contributed by atoms with van der Waals surface area (Å²) in [6.07, 6.45) is 1.10. The molecule has 0 radical (unpaired) electrons. The molecule has 0 N–H and O–H groups in total. The SMILES string of the molecule is COC(=O)c1ccc(-n2c3c(c4cc(F)ccc42)C(=O)C(CN2CC(F)(F)C2)CC3)cc1. The second-order valence-corrected chi connectivity index (χ2v) is 8.48. The molecular weight excluding hydrogens is 421 g/mol. The van der Waals surface area contributed by atoms with Gasteiger partial charge >= 0.3 is 5.97 Å². The molecule has 1 aromatic heterocycles. The van der Waals surface area contributed by atoms with E-state index in [-0.39, 0.29) is 25.4 Å². The van der Waals surface area contributed by atoms with Gasteiger partial charge in [0.05, 0.1) is 31.3 Å². The van der Waals surface area contributed by atoms with Crippen LogP contribution in [0.3, 0.4) is 0 Å². The largest absolute Gasteiger partial charge is 0.465 e. The van der Waals surface area contributed by atoms with Gasteiger partial charge in [-0.2, -0.15) is 0 Å². The van der Waals surface area contributed by atoms with E-state index in [0.29, 0.717) is 34.9 Å². The van der Waals surface area contributed by atoms with Gasteiger partial charge in [0.25, 0.3) is 5.92 Å². The number of halogens is 3. The van der Waals surface area contributed by atoms with Crippen LogP contribution in [0.15, 0.2) is 42.5 Å². The molecule has 0 saturated carbocycles. The maximum atomic E-state index is 14.1. The Morgan fingerprint density at radius 2 is 1.88 bits per heavy atom. The van der Waals surface area contributed by atoms with Crippen molar-refractivity contribution in [1.29, 1.82) is 0 Å². The van der Waals surface area contributed by atoms with E-state index in [1.807, 2.05) is 4.57 Å². The summed E-state index contributed by atoms with van der Waals surface area (Å²) in [4.78, 5) is 26.8. The number of carbonyl (C=O) groups is 2. The molecule has 0 amide bonds. The maximum absolute atomic E-state index is 14.1. The number of rotatable bonds is 4. The van der Waals surface area contributed by atoms with Gasteiger partial charge in [0.15, 0.2) is 5.78 Å². The first-order valence-corrected chi connectivity index (χ1v) is 10.4. The van der Waals surface area contributed by atoms with Gasteiger partial charge in [0.1, 0.15) is 5.82 Å². The molecule has 2 aliphatic rings. The highest BCUT2D eigenvalue weighted by atomic mass is 19.3. The molecule has 8 heteroatoms. The lowest BCUT2D eigenvalue weighted by Gasteiger charge is -2.40. The van der Waals surface area contributed by atoms with Crippen LogP contribution in [0.5, 0.6) is 0 Å². The quantitative estimate of drug-likeness (QED) is 0.567. The Labute approximate surface area is 182 Å². The minimum Gasteiger partial charge on any atom is -0.465 e. The molecule has 5 nitrogen and oxygen atoms in total. The molecule has 2 aromatic carbocycles. The smallest absolute Gasteiger partial charge is 0.337 e. The molecule has 1 saturated heterocycles. The van der Waals surface area contributed by atoms with Crippen molar-refractivity contribution >= 4 is 22.7 Å². The number of esters is 1. The molecule has 0 spiro atoms. The summed E-state index contributed by atoms with van der Waals surface area (Å²) >= 11 is 0. The number of methoxy groups -OCH3 is 1. The molecule has 2 heterocycles. The summed E-state index contributed by atoms with van der Waals surface area (Å²) in [5, 5.41) is 0.515. The average molecular weight is 442 g/mol. The molecule has 166 valence electrons. The fraction of sp³-hybridized carbons (Fsp3) is 0.333. The number of hydrogen-bond donors (Lipinski definition) is 0. The van der Waals surface area contributed by atoms with E-state index in [1.54, 1.807) is 35.2 Å². The normalized spacial score (nSPS) is 20.1. The summed E-state index contributed by atoms with van der Waals surface area (Å²) in [7, 11) is 1.31. The number of Topliss-reactive ketones (excluding diaryl/α,β-unsaturated/α-hetero) is 1. The number of aromatic nitrogens is 1. The lowest BCUT2D eigenvalue weighted by atomic mass is 9.84. The molecule has 32 heavy (non-hydrogen) atoms. The molecule has 1 atom stereocenters. The number of ketones is 1. The second-order valence-electron chi connectivity index (χ2n) is 8.48. The van der Waals surface area contributed by atoms with Crippen molar-refractivity contribution in [2.75, 3.05) is 26.7 Å². The van der Waals surface area contributed by atoms with Crippen LogP contribution in [-0.4, -0.2) is 53.9 Å². The van der Waals surface area contributed by atoms with E-state index < -0.39 is 23.6 Å². The molecule has 1 aliphatic heterocycles. The van der Waals surface area contributed by atoms with Crippen LogP contribution >= 0.6 is 0 Å². The number of alkyl halides is 2. The van der Waals surface area contributed by atoms with E-state index in [2.05, 4.69) is 0 Å². The van der Waals surface area contributed by atoms with Crippen molar-refractivity contribution in [2.24, 2.45) is 5.92 Å². The molecular formula is C24H21F3N2O3. The first kappa shape index (κ1) is 20.8. The first-order chi connectivity index (χ1) is 15.3. The molecule has 5 rings (SSSR count). The summed E-state index contributed by atoms with van der Waals surface area (Å²) in [6, 6.07) is 11.1. The van der Waals surface area contributed by atoms with E-state index in [9.17, 15) is 22.8 Å². The van der Waals surface area contributed by atoms with Crippen molar-refractivity contribution in [3.63, 3.8) is 0 Å². The van der Waals surface area contributed by atoms with Crippen LogP contribution in [0.4, 0.5) is 13.2 Å². The van der Waals surface area contributed by atoms with Crippen LogP contribution in [0.25, 0.3) is 16.6 Å². The average Bonchev–Trinajstić information content (AvgIpc) is 3.08. The van der Waals surface area contributed by atoms with Crippen molar-refractivity contribution in [1.82, 2.24) is 9.47 Å². The van der Waals surface area contributed by atoms with Crippen LogP contribution < -0.4 is 0 Å². The Morgan fingerprint density at radius 1 is 1.16 bits per heavy atom. The summed E-state index contributed by atoms with van der Waals surface area (Å²) in [5.41, 5.74) is 3.05. The van der Waals surface area contributed by atoms with Crippen molar-refractivity contribution in [2.45, 2.75) is 18.8 Å². The third-order valence-electron chi connectivity index (χ3n) is 6.31. The summed E-state index contributed by atoms with van der Waals surface area (Å²) < 4.78 is 47.2. The topological polar surface area (TPSA) is 51.5 Å². The highest BCUT2D eigenvalue weighted by Crippen LogP contribution is 2.38. The fourth-order valence-electron chi connectivity index (χ4n) is 4.86. The number of fused-ring (bicyclic) bond motifs is 3. The monoisotopic (exact) mass is 442 g/mol. The molecule has 0 bridgehead atoms. The third kappa shape index (κ3) is 3.39. The number of hydrogen-bond acceptors (Lipinski definition) is 4. The lowest BCUT2D eigenvalue weighted by molar-refractivity contribution is -0.133. The summed E-state index contributed by atoms with van der Waals surface area (Å²) in [6.45, 7) is -0.372. The van der Waals surface area contributed by atoms with E-state index >= 15 is 0 Å². The zero-order valence-electron chi connectivity index (χ0n) is 17.4. The van der Waals surface area contributed by atoms with Gasteiger partial charge in [-0.05, 0) is 55.3 Å². The zero-order chi connectivity index (χ0) is 22.6. The Balaban J connectivity index is 1.56. The van der Waals surface area contributed by atoms with Crippen molar-refractivity contribution < 1.29 is 27.5 Å². The summed E-state index contributed by atoms with van der Waals surface area (Å²) in [5.74, 6) is -4.12.